The van der Waals surface area contributed by atoms with Crippen molar-refractivity contribution in [3.8, 4) is 5.75 Å². The van der Waals surface area contributed by atoms with Crippen molar-refractivity contribution in [2.24, 2.45) is 0 Å². The lowest BCUT2D eigenvalue weighted by atomic mass is 10.1. The van der Waals surface area contributed by atoms with Crippen molar-refractivity contribution in [1.82, 2.24) is 5.32 Å². The van der Waals surface area contributed by atoms with E-state index >= 15 is 0 Å². The van der Waals surface area contributed by atoms with Gasteiger partial charge in [-0.1, -0.05) is 23.8 Å². The Labute approximate surface area is 110 Å². The average Bonchev–Trinajstić information content (AvgIpc) is 2.84. The topological polar surface area (TPSA) is 32.3 Å². The molecule has 2 rings (SSSR count). The first-order valence-corrected chi connectivity index (χ1v) is 6.84. The summed E-state index contributed by atoms with van der Waals surface area (Å²) in [6.07, 6.45) is 7.46. The van der Waals surface area contributed by atoms with E-state index in [4.69, 9.17) is 0 Å². The Morgan fingerprint density at radius 1 is 1.22 bits per heavy atom. The minimum Gasteiger partial charge on any atom is -0.507 e. The highest BCUT2D eigenvalue weighted by molar-refractivity contribution is 5.42. The molecule has 98 valence electrons. The van der Waals surface area contributed by atoms with Gasteiger partial charge in [0.2, 0.25) is 0 Å². The largest absolute Gasteiger partial charge is 0.507 e. The van der Waals surface area contributed by atoms with Gasteiger partial charge in [0.15, 0.2) is 0 Å². The summed E-state index contributed by atoms with van der Waals surface area (Å²) in [5.74, 6) is 0.426. The zero-order valence-corrected chi connectivity index (χ0v) is 11.4. The van der Waals surface area contributed by atoms with E-state index in [1.165, 1.54) is 31.2 Å². The molecule has 1 aliphatic carbocycles. The van der Waals surface area contributed by atoms with Crippen molar-refractivity contribution in [3.63, 3.8) is 0 Å². The summed E-state index contributed by atoms with van der Waals surface area (Å²) in [5, 5.41) is 13.2. The maximum atomic E-state index is 9.72. The van der Waals surface area contributed by atoms with Crippen LogP contribution in [0.25, 0.3) is 0 Å². The highest BCUT2D eigenvalue weighted by Crippen LogP contribution is 2.23. The fraction of sp³-hybridized carbons (Fsp3) is 0.500. The standard InChI is InChI=1S/C16H23NO/c1-12-9-15(10-13(2)16(12)18)11-17-8-7-14-5-3-4-6-14/h5,9-10,17-18H,3-4,6-8,11H2,1-2H3. The second kappa shape index (κ2) is 6.05. The van der Waals surface area contributed by atoms with Gasteiger partial charge in [0.25, 0.3) is 0 Å². The molecule has 2 heteroatoms. The van der Waals surface area contributed by atoms with Crippen LogP contribution in [-0.2, 0) is 6.54 Å². The van der Waals surface area contributed by atoms with E-state index in [2.05, 4.69) is 23.5 Å². The van der Waals surface area contributed by atoms with E-state index in [1.54, 1.807) is 5.57 Å². The monoisotopic (exact) mass is 245 g/mol. The van der Waals surface area contributed by atoms with Crippen molar-refractivity contribution in [2.75, 3.05) is 6.54 Å². The number of benzene rings is 1. The number of hydrogen-bond acceptors (Lipinski definition) is 2. The highest BCUT2D eigenvalue weighted by atomic mass is 16.3. The van der Waals surface area contributed by atoms with Crippen molar-refractivity contribution in [3.05, 3.63) is 40.5 Å². The van der Waals surface area contributed by atoms with E-state index < -0.39 is 0 Å². The van der Waals surface area contributed by atoms with Gasteiger partial charge in [0.1, 0.15) is 5.75 Å². The van der Waals surface area contributed by atoms with Crippen LogP contribution < -0.4 is 5.32 Å². The SMILES string of the molecule is Cc1cc(CNCCC2=CCCC2)cc(C)c1O. The van der Waals surface area contributed by atoms with Gasteiger partial charge in [-0.2, -0.15) is 0 Å². The maximum Gasteiger partial charge on any atom is 0.121 e. The molecule has 0 unspecified atom stereocenters. The van der Waals surface area contributed by atoms with E-state index in [-0.39, 0.29) is 0 Å². The van der Waals surface area contributed by atoms with Gasteiger partial charge in [0.05, 0.1) is 0 Å². The number of aromatic hydroxyl groups is 1. The van der Waals surface area contributed by atoms with Gasteiger partial charge >= 0.3 is 0 Å². The van der Waals surface area contributed by atoms with Crippen LogP contribution in [0, 0.1) is 13.8 Å². The molecule has 1 aromatic rings. The summed E-state index contributed by atoms with van der Waals surface area (Å²) in [5.41, 5.74) is 4.79. The Morgan fingerprint density at radius 2 is 1.94 bits per heavy atom. The number of rotatable bonds is 5. The van der Waals surface area contributed by atoms with Gasteiger partial charge in [-0.25, -0.2) is 0 Å². The number of hydrogen-bond donors (Lipinski definition) is 2. The van der Waals surface area contributed by atoms with Gasteiger partial charge in [-0.15, -0.1) is 0 Å². The first kappa shape index (κ1) is 13.2. The molecule has 2 N–H and O–H groups in total. The predicted octanol–water partition coefficient (Wildman–Crippen LogP) is 3.60. The molecule has 0 atom stereocenters. The highest BCUT2D eigenvalue weighted by Gasteiger charge is 2.05. The predicted molar refractivity (Wildman–Crippen MR) is 75.8 cm³/mol. The maximum absolute atomic E-state index is 9.72. The molecule has 1 aromatic carbocycles. The minimum atomic E-state index is 0.426. The number of aryl methyl sites for hydroxylation is 2. The smallest absolute Gasteiger partial charge is 0.121 e. The fourth-order valence-corrected chi connectivity index (χ4v) is 2.59. The zero-order chi connectivity index (χ0) is 13.0. The fourth-order valence-electron chi connectivity index (χ4n) is 2.59. The molecule has 0 amide bonds. The molecule has 0 spiro atoms. The summed E-state index contributed by atoms with van der Waals surface area (Å²) in [4.78, 5) is 0. The number of phenolic OH excluding ortho intramolecular Hbond substituents is 1. The van der Waals surface area contributed by atoms with Crippen LogP contribution in [0.4, 0.5) is 0 Å². The first-order valence-electron chi connectivity index (χ1n) is 6.84. The van der Waals surface area contributed by atoms with Crippen molar-refractivity contribution < 1.29 is 5.11 Å². The van der Waals surface area contributed by atoms with Gasteiger partial charge in [-0.05, 0) is 62.8 Å². The molecule has 0 radical (unpaired) electrons. The molecule has 2 nitrogen and oxygen atoms in total. The zero-order valence-electron chi connectivity index (χ0n) is 11.4. The summed E-state index contributed by atoms with van der Waals surface area (Å²) < 4.78 is 0. The normalized spacial score (nSPS) is 14.9. The second-order valence-corrected chi connectivity index (χ2v) is 5.26. The summed E-state index contributed by atoms with van der Waals surface area (Å²) in [7, 11) is 0. The number of nitrogens with one attached hydrogen (secondary N) is 1. The van der Waals surface area contributed by atoms with Crippen LogP contribution in [0.1, 0.15) is 42.4 Å². The van der Waals surface area contributed by atoms with E-state index in [0.717, 1.165) is 24.2 Å². The number of phenols is 1. The Hall–Kier alpha value is -1.28. The first-order chi connectivity index (χ1) is 8.66. The lowest BCUT2D eigenvalue weighted by Crippen LogP contribution is -2.15. The minimum absolute atomic E-state index is 0.426. The summed E-state index contributed by atoms with van der Waals surface area (Å²) in [6, 6.07) is 4.12. The molecule has 18 heavy (non-hydrogen) atoms. The Kier molecular flexibility index (Phi) is 4.43. The third-order valence-electron chi connectivity index (χ3n) is 3.64. The lowest BCUT2D eigenvalue weighted by molar-refractivity contribution is 0.466. The van der Waals surface area contributed by atoms with Crippen molar-refractivity contribution in [2.45, 2.75) is 46.1 Å². The van der Waals surface area contributed by atoms with Crippen LogP contribution in [-0.4, -0.2) is 11.7 Å². The van der Waals surface area contributed by atoms with Gasteiger partial charge < -0.3 is 10.4 Å². The van der Waals surface area contributed by atoms with Crippen LogP contribution >= 0.6 is 0 Å². The van der Waals surface area contributed by atoms with E-state index in [0.29, 0.717) is 5.75 Å². The van der Waals surface area contributed by atoms with Gasteiger partial charge in [-0.3, -0.25) is 0 Å². The molecule has 1 aliphatic rings. The molecule has 0 fully saturated rings. The Balaban J connectivity index is 1.79. The third kappa shape index (κ3) is 3.36. The van der Waals surface area contributed by atoms with Crippen molar-refractivity contribution in [1.29, 1.82) is 0 Å². The molecule has 0 aliphatic heterocycles. The third-order valence-corrected chi connectivity index (χ3v) is 3.64. The van der Waals surface area contributed by atoms with Crippen LogP contribution in [0.3, 0.4) is 0 Å². The molecular formula is C16H23NO. The molecular weight excluding hydrogens is 222 g/mol. The molecule has 0 heterocycles. The Morgan fingerprint density at radius 3 is 2.56 bits per heavy atom. The van der Waals surface area contributed by atoms with E-state index in [9.17, 15) is 5.11 Å². The summed E-state index contributed by atoms with van der Waals surface area (Å²) in [6.45, 7) is 5.84. The molecule has 0 aromatic heterocycles. The second-order valence-electron chi connectivity index (χ2n) is 5.26. The molecule has 0 saturated heterocycles. The lowest BCUT2D eigenvalue weighted by Gasteiger charge is -2.09. The molecule has 0 bridgehead atoms. The van der Waals surface area contributed by atoms with Crippen LogP contribution in [0.5, 0.6) is 5.75 Å². The Bertz CT molecular complexity index is 425. The quantitative estimate of drug-likeness (QED) is 0.613. The summed E-state index contributed by atoms with van der Waals surface area (Å²) >= 11 is 0. The van der Waals surface area contributed by atoms with Crippen molar-refractivity contribution >= 4 is 0 Å². The van der Waals surface area contributed by atoms with Crippen LogP contribution in [0.15, 0.2) is 23.8 Å². The average molecular weight is 245 g/mol. The number of allylic oxidation sites excluding steroid dienone is 1. The molecule has 0 saturated carbocycles. The van der Waals surface area contributed by atoms with Crippen LogP contribution in [0.2, 0.25) is 0 Å². The van der Waals surface area contributed by atoms with Gasteiger partial charge in [0, 0.05) is 6.54 Å². The van der Waals surface area contributed by atoms with E-state index in [1.807, 2.05) is 13.8 Å².